The van der Waals surface area contributed by atoms with Crippen molar-refractivity contribution in [3.8, 4) is 5.75 Å². The molecule has 1 aromatic rings. The summed E-state index contributed by atoms with van der Waals surface area (Å²) in [5.41, 5.74) is 1.33. The van der Waals surface area contributed by atoms with E-state index in [2.05, 4.69) is 34.7 Å². The zero-order valence-corrected chi connectivity index (χ0v) is 17.0. The van der Waals surface area contributed by atoms with E-state index in [1.807, 2.05) is 12.1 Å². The molecule has 1 aliphatic rings. The zero-order chi connectivity index (χ0) is 16.3. The van der Waals surface area contributed by atoms with Gasteiger partial charge in [0.1, 0.15) is 5.75 Å². The molecule has 1 aromatic carbocycles. The van der Waals surface area contributed by atoms with Crippen LogP contribution >= 0.6 is 24.0 Å². The highest BCUT2D eigenvalue weighted by Gasteiger charge is 2.14. The van der Waals surface area contributed by atoms with Crippen molar-refractivity contribution in [2.24, 2.45) is 4.99 Å². The Morgan fingerprint density at radius 3 is 2.71 bits per heavy atom. The number of hydrogen-bond acceptors (Lipinski definition) is 3. The van der Waals surface area contributed by atoms with Gasteiger partial charge in [-0.25, -0.2) is 0 Å². The molecule has 1 heterocycles. The molecule has 0 spiro atoms. The van der Waals surface area contributed by atoms with Crippen molar-refractivity contribution in [1.82, 2.24) is 10.6 Å². The summed E-state index contributed by atoms with van der Waals surface area (Å²) in [6.45, 7) is 5.49. The van der Waals surface area contributed by atoms with Crippen LogP contribution in [0.4, 0.5) is 0 Å². The summed E-state index contributed by atoms with van der Waals surface area (Å²) in [6.07, 6.45) is 4.69. The Kier molecular flexibility index (Phi) is 10.8. The second-order valence-electron chi connectivity index (χ2n) is 5.73. The molecule has 1 saturated heterocycles. The Labute approximate surface area is 162 Å². The van der Waals surface area contributed by atoms with Crippen LogP contribution in [0.3, 0.4) is 0 Å². The highest BCUT2D eigenvalue weighted by atomic mass is 127. The topological polar surface area (TPSA) is 54.9 Å². The average molecular weight is 447 g/mol. The monoisotopic (exact) mass is 447 g/mol. The van der Waals surface area contributed by atoms with Crippen molar-refractivity contribution in [2.45, 2.75) is 38.7 Å². The SMILES string of the molecule is CCNC(=NCC1CCCO1)NCCCc1ccc(OC)cc1.I. The summed E-state index contributed by atoms with van der Waals surface area (Å²) in [4.78, 5) is 4.62. The third-order valence-corrected chi connectivity index (χ3v) is 3.91. The Balaban J connectivity index is 0.00000288. The molecule has 1 atom stereocenters. The lowest BCUT2D eigenvalue weighted by molar-refractivity contribution is 0.117. The van der Waals surface area contributed by atoms with E-state index >= 15 is 0 Å². The van der Waals surface area contributed by atoms with E-state index in [0.29, 0.717) is 6.10 Å². The van der Waals surface area contributed by atoms with E-state index in [9.17, 15) is 0 Å². The number of benzene rings is 1. The molecule has 0 radical (unpaired) electrons. The van der Waals surface area contributed by atoms with Gasteiger partial charge in [0.05, 0.1) is 19.8 Å². The molecule has 6 heteroatoms. The van der Waals surface area contributed by atoms with Crippen LogP contribution in [0.5, 0.6) is 5.75 Å². The second kappa shape index (κ2) is 12.4. The molecule has 0 aliphatic carbocycles. The van der Waals surface area contributed by atoms with Crippen molar-refractivity contribution < 1.29 is 9.47 Å². The number of nitrogens with zero attached hydrogens (tertiary/aromatic N) is 1. The summed E-state index contributed by atoms with van der Waals surface area (Å²) in [6, 6.07) is 8.26. The van der Waals surface area contributed by atoms with Gasteiger partial charge in [-0.05, 0) is 50.3 Å². The third-order valence-electron chi connectivity index (χ3n) is 3.91. The molecule has 5 nitrogen and oxygen atoms in total. The Morgan fingerprint density at radius 2 is 2.08 bits per heavy atom. The first-order valence-electron chi connectivity index (χ1n) is 8.58. The molecule has 1 aliphatic heterocycles. The minimum atomic E-state index is 0. The van der Waals surface area contributed by atoms with Gasteiger partial charge in [0, 0.05) is 19.7 Å². The zero-order valence-electron chi connectivity index (χ0n) is 14.7. The van der Waals surface area contributed by atoms with Crippen molar-refractivity contribution in [3.63, 3.8) is 0 Å². The second-order valence-corrected chi connectivity index (χ2v) is 5.73. The largest absolute Gasteiger partial charge is 0.497 e. The van der Waals surface area contributed by atoms with E-state index in [0.717, 1.165) is 63.6 Å². The number of methoxy groups -OCH3 is 1. The molecule has 0 bridgehead atoms. The molecule has 2 rings (SSSR count). The number of halogens is 1. The summed E-state index contributed by atoms with van der Waals surface area (Å²) in [7, 11) is 1.69. The van der Waals surface area contributed by atoms with Crippen LogP contribution in [0.15, 0.2) is 29.3 Å². The lowest BCUT2D eigenvalue weighted by Crippen LogP contribution is -2.38. The van der Waals surface area contributed by atoms with Crippen molar-refractivity contribution >= 4 is 29.9 Å². The van der Waals surface area contributed by atoms with Gasteiger partial charge in [0.15, 0.2) is 5.96 Å². The Morgan fingerprint density at radius 1 is 1.29 bits per heavy atom. The molecule has 136 valence electrons. The number of hydrogen-bond donors (Lipinski definition) is 2. The lowest BCUT2D eigenvalue weighted by Gasteiger charge is -2.13. The molecule has 1 fully saturated rings. The molecule has 0 aromatic heterocycles. The minimum absolute atomic E-state index is 0. The molecule has 2 N–H and O–H groups in total. The molecular weight excluding hydrogens is 417 g/mol. The first kappa shape index (κ1) is 21.0. The van der Waals surface area contributed by atoms with Crippen LogP contribution in [-0.4, -0.2) is 45.4 Å². The fourth-order valence-corrected chi connectivity index (χ4v) is 2.61. The number of nitrogens with one attached hydrogen (secondary N) is 2. The van der Waals surface area contributed by atoms with Gasteiger partial charge in [-0.15, -0.1) is 24.0 Å². The van der Waals surface area contributed by atoms with Gasteiger partial charge < -0.3 is 20.1 Å². The third kappa shape index (κ3) is 7.70. The summed E-state index contributed by atoms with van der Waals surface area (Å²) >= 11 is 0. The summed E-state index contributed by atoms with van der Waals surface area (Å²) in [5, 5.41) is 6.68. The van der Waals surface area contributed by atoms with Crippen LogP contribution in [0, 0.1) is 0 Å². The van der Waals surface area contributed by atoms with Gasteiger partial charge in [-0.1, -0.05) is 12.1 Å². The predicted molar refractivity (Wildman–Crippen MR) is 110 cm³/mol. The quantitative estimate of drug-likeness (QED) is 0.279. The van der Waals surface area contributed by atoms with Crippen LogP contribution in [0.2, 0.25) is 0 Å². The van der Waals surface area contributed by atoms with Gasteiger partial charge in [0.2, 0.25) is 0 Å². The van der Waals surface area contributed by atoms with Crippen LogP contribution < -0.4 is 15.4 Å². The van der Waals surface area contributed by atoms with E-state index < -0.39 is 0 Å². The highest BCUT2D eigenvalue weighted by molar-refractivity contribution is 14.0. The van der Waals surface area contributed by atoms with Gasteiger partial charge >= 0.3 is 0 Å². The number of ether oxygens (including phenoxy) is 2. The Bertz CT molecular complexity index is 474. The highest BCUT2D eigenvalue weighted by Crippen LogP contribution is 2.13. The number of guanidine groups is 1. The van der Waals surface area contributed by atoms with E-state index in [-0.39, 0.29) is 24.0 Å². The molecule has 0 amide bonds. The molecular formula is C18H30IN3O2. The maximum Gasteiger partial charge on any atom is 0.191 e. The van der Waals surface area contributed by atoms with Crippen LogP contribution in [-0.2, 0) is 11.2 Å². The smallest absolute Gasteiger partial charge is 0.191 e. The van der Waals surface area contributed by atoms with Crippen molar-refractivity contribution in [3.05, 3.63) is 29.8 Å². The van der Waals surface area contributed by atoms with Gasteiger partial charge in [0.25, 0.3) is 0 Å². The number of aliphatic imine (C=N–C) groups is 1. The first-order valence-corrected chi connectivity index (χ1v) is 8.58. The predicted octanol–water partition coefficient (Wildman–Crippen LogP) is 2.98. The van der Waals surface area contributed by atoms with Crippen molar-refractivity contribution in [1.29, 1.82) is 0 Å². The van der Waals surface area contributed by atoms with Gasteiger partial charge in [-0.3, -0.25) is 4.99 Å². The fraction of sp³-hybridized carbons (Fsp3) is 0.611. The van der Waals surface area contributed by atoms with E-state index in [4.69, 9.17) is 9.47 Å². The van der Waals surface area contributed by atoms with E-state index in [1.165, 1.54) is 5.56 Å². The first-order chi connectivity index (χ1) is 11.3. The average Bonchev–Trinajstić information content (AvgIpc) is 3.10. The van der Waals surface area contributed by atoms with E-state index in [1.54, 1.807) is 7.11 Å². The fourth-order valence-electron chi connectivity index (χ4n) is 2.61. The maximum atomic E-state index is 5.61. The minimum Gasteiger partial charge on any atom is -0.497 e. The normalized spacial score (nSPS) is 17.2. The van der Waals surface area contributed by atoms with Gasteiger partial charge in [-0.2, -0.15) is 0 Å². The lowest BCUT2D eigenvalue weighted by atomic mass is 10.1. The standard InChI is InChI=1S/C18H29N3O2.HI/c1-3-19-18(21-14-17-7-5-13-23-17)20-12-4-6-15-8-10-16(22-2)11-9-15;/h8-11,17H,3-7,12-14H2,1-2H3,(H2,19,20,21);1H. The summed E-state index contributed by atoms with van der Waals surface area (Å²) < 4.78 is 10.8. The van der Waals surface area contributed by atoms with Crippen LogP contribution in [0.1, 0.15) is 31.7 Å². The maximum absolute atomic E-state index is 5.61. The number of aryl methyl sites for hydroxylation is 1. The molecule has 1 unspecified atom stereocenters. The summed E-state index contributed by atoms with van der Waals surface area (Å²) in [5.74, 6) is 1.79. The van der Waals surface area contributed by atoms with Crippen molar-refractivity contribution in [2.75, 3.05) is 33.4 Å². The number of rotatable bonds is 8. The molecule has 0 saturated carbocycles. The molecule has 24 heavy (non-hydrogen) atoms. The van der Waals surface area contributed by atoms with Crippen LogP contribution in [0.25, 0.3) is 0 Å². The Hall–Kier alpha value is -1.02.